The average Bonchev–Trinajstić information content (AvgIpc) is 2.99. The molecule has 7 heteroatoms. The molecule has 6 nitrogen and oxygen atoms in total. The average molecular weight is 322 g/mol. The number of carbonyl (C=O) groups is 1. The van der Waals surface area contributed by atoms with Crippen molar-refractivity contribution in [1.29, 1.82) is 0 Å². The van der Waals surface area contributed by atoms with Crippen molar-refractivity contribution in [3.05, 3.63) is 30.1 Å². The van der Waals surface area contributed by atoms with E-state index < -0.39 is 5.97 Å². The van der Waals surface area contributed by atoms with E-state index in [1.807, 2.05) is 10.6 Å². The first-order chi connectivity index (χ1) is 11.2. The molecular weight excluding hydrogens is 299 g/mol. The molecule has 3 fully saturated rings. The van der Waals surface area contributed by atoms with Crippen molar-refractivity contribution < 1.29 is 30.2 Å². The number of nitrogens with one attached hydrogen (secondary N) is 1. The molecule has 2 bridgehead atoms. The molecule has 1 aromatic carbocycles. The fourth-order valence-electron chi connectivity index (χ4n) is 4.04. The number of benzene rings is 1. The summed E-state index contributed by atoms with van der Waals surface area (Å²) >= 11 is 0. The van der Waals surface area contributed by atoms with Gasteiger partial charge in [-0.3, -0.25) is 0 Å². The van der Waals surface area contributed by atoms with Crippen LogP contribution < -0.4 is 24.2 Å². The Balaban J connectivity index is 0.00000113. The summed E-state index contributed by atoms with van der Waals surface area (Å²) in [7, 11) is 0. The molecule has 124 valence electrons. The summed E-state index contributed by atoms with van der Waals surface area (Å²) in [5.74, 6) is -0.100. The Morgan fingerprint density at radius 1 is 1.38 bits per heavy atom. The van der Waals surface area contributed by atoms with Gasteiger partial charge in [-0.2, -0.15) is 0 Å². The number of carboxylic acids is 1. The van der Waals surface area contributed by atoms with Crippen molar-refractivity contribution in [2.75, 3.05) is 26.2 Å². The van der Waals surface area contributed by atoms with Crippen LogP contribution in [0.4, 0.5) is 0 Å². The van der Waals surface area contributed by atoms with E-state index in [1.54, 1.807) is 18.5 Å². The van der Waals surface area contributed by atoms with E-state index in [0.717, 1.165) is 36.6 Å². The smallest absolute Gasteiger partial charge is 1.00 e. The van der Waals surface area contributed by atoms with Gasteiger partial charge in [-0.25, -0.2) is 9.78 Å². The van der Waals surface area contributed by atoms with Crippen molar-refractivity contribution in [2.24, 2.45) is 5.92 Å². The molecule has 3 aliphatic rings. The second-order valence-corrected chi connectivity index (χ2v) is 6.62. The number of fused-ring (bicyclic) bond motifs is 4. The van der Waals surface area contributed by atoms with Crippen molar-refractivity contribution in [3.63, 3.8) is 0 Å². The Hall–Kier alpha value is -1.32. The number of rotatable bonds is 5. The second-order valence-electron chi connectivity index (χ2n) is 6.62. The van der Waals surface area contributed by atoms with Crippen LogP contribution in [-0.4, -0.2) is 57.7 Å². The third-order valence-corrected chi connectivity index (χ3v) is 5.28. The summed E-state index contributed by atoms with van der Waals surface area (Å²) in [6.07, 6.45) is 4.35. The molecule has 0 spiro atoms. The summed E-state index contributed by atoms with van der Waals surface area (Å²) < 4.78 is 1.95. The predicted molar refractivity (Wildman–Crippen MR) is 88.8 cm³/mol. The number of aromatic nitrogens is 2. The van der Waals surface area contributed by atoms with Crippen LogP contribution in [0.25, 0.3) is 11.0 Å². The fourth-order valence-corrected chi connectivity index (χ4v) is 4.04. The van der Waals surface area contributed by atoms with E-state index in [1.165, 1.54) is 25.9 Å². The van der Waals surface area contributed by atoms with E-state index in [-0.39, 0.29) is 20.3 Å². The standard InChI is InChI=1S/C17H22N4O2.Li.H/c22-17(23)13-2-1-3-14-16(13)21(11-19-14)9-6-18-15-10-20-7-4-12(15)5-8-20;;/h1-3,11-12,15,18H,4-10H2,(H,22,23);;/q;+1;-1. The Labute approximate surface area is 154 Å². The van der Waals surface area contributed by atoms with Gasteiger partial charge in [0.1, 0.15) is 0 Å². The van der Waals surface area contributed by atoms with Gasteiger partial charge in [0.2, 0.25) is 0 Å². The monoisotopic (exact) mass is 322 g/mol. The fraction of sp³-hybridized carbons (Fsp3) is 0.529. The van der Waals surface area contributed by atoms with E-state index in [2.05, 4.69) is 15.2 Å². The molecule has 2 N–H and O–H groups in total. The Morgan fingerprint density at radius 3 is 2.83 bits per heavy atom. The van der Waals surface area contributed by atoms with Crippen molar-refractivity contribution in [1.82, 2.24) is 19.8 Å². The van der Waals surface area contributed by atoms with Crippen molar-refractivity contribution >= 4 is 17.0 Å². The molecule has 24 heavy (non-hydrogen) atoms. The normalized spacial score (nSPS) is 25.6. The Kier molecular flexibility index (Phi) is 5.31. The van der Waals surface area contributed by atoms with Gasteiger partial charge in [0.05, 0.1) is 22.9 Å². The summed E-state index contributed by atoms with van der Waals surface area (Å²) in [6, 6.07) is 5.82. The first-order valence-corrected chi connectivity index (χ1v) is 8.35. The van der Waals surface area contributed by atoms with E-state index in [4.69, 9.17) is 0 Å². The molecule has 1 aromatic heterocycles. The quantitative estimate of drug-likeness (QED) is 0.658. The number of piperidine rings is 3. The van der Waals surface area contributed by atoms with Gasteiger partial charge in [0, 0.05) is 25.7 Å². The molecule has 1 atom stereocenters. The summed E-state index contributed by atoms with van der Waals surface area (Å²) in [4.78, 5) is 18.3. The van der Waals surface area contributed by atoms with Crippen LogP contribution in [0.1, 0.15) is 24.6 Å². The molecule has 2 aromatic rings. The number of imidazole rings is 1. The van der Waals surface area contributed by atoms with Gasteiger partial charge in [-0.15, -0.1) is 0 Å². The maximum absolute atomic E-state index is 11.4. The molecule has 5 rings (SSSR count). The van der Waals surface area contributed by atoms with Crippen molar-refractivity contribution in [3.8, 4) is 0 Å². The Morgan fingerprint density at radius 2 is 2.17 bits per heavy atom. The van der Waals surface area contributed by atoms with E-state index >= 15 is 0 Å². The maximum Gasteiger partial charge on any atom is 1.00 e. The van der Waals surface area contributed by atoms with Gasteiger partial charge in [0.25, 0.3) is 0 Å². The number of hydrogen-bond acceptors (Lipinski definition) is 4. The summed E-state index contributed by atoms with van der Waals surface area (Å²) in [5.41, 5.74) is 1.78. The third kappa shape index (κ3) is 3.24. The minimum atomic E-state index is -0.900. The van der Waals surface area contributed by atoms with Crippen LogP contribution in [0, 0.1) is 5.92 Å². The minimum absolute atomic E-state index is 0. The van der Waals surface area contributed by atoms with Gasteiger partial charge >= 0.3 is 24.8 Å². The first-order valence-electron chi connectivity index (χ1n) is 8.35. The third-order valence-electron chi connectivity index (χ3n) is 5.28. The largest absolute Gasteiger partial charge is 1.00 e. The number of para-hydroxylation sites is 1. The zero-order valence-corrected chi connectivity index (χ0v) is 14.1. The van der Waals surface area contributed by atoms with Crippen LogP contribution in [0.2, 0.25) is 0 Å². The topological polar surface area (TPSA) is 70.4 Å². The SMILES string of the molecule is O=C(O)c1cccc2ncn(CCNC3CN4CCC3CC4)c12.[H-].[Li+]. The van der Waals surface area contributed by atoms with Crippen LogP contribution in [0.15, 0.2) is 24.5 Å². The molecular formula is C17H23LiN4O2. The molecule has 0 radical (unpaired) electrons. The molecule has 1 unspecified atom stereocenters. The zero-order valence-electron chi connectivity index (χ0n) is 15.1. The summed E-state index contributed by atoms with van der Waals surface area (Å²) in [5, 5.41) is 13.0. The molecule has 0 saturated carbocycles. The number of carboxylic acid groups (broad SMARTS) is 1. The van der Waals surface area contributed by atoms with Crippen LogP contribution in [0.3, 0.4) is 0 Å². The maximum atomic E-state index is 11.4. The van der Waals surface area contributed by atoms with Crippen LogP contribution in [0.5, 0.6) is 0 Å². The number of nitrogens with zero attached hydrogens (tertiary/aromatic N) is 3. The number of aromatic carboxylic acids is 1. The molecule has 0 aliphatic carbocycles. The van der Waals surface area contributed by atoms with Crippen LogP contribution in [-0.2, 0) is 6.54 Å². The van der Waals surface area contributed by atoms with Crippen LogP contribution >= 0.6 is 0 Å². The molecule has 3 aliphatic heterocycles. The zero-order chi connectivity index (χ0) is 15.8. The minimum Gasteiger partial charge on any atom is -1.00 e. The second kappa shape index (κ2) is 7.28. The molecule has 3 saturated heterocycles. The van der Waals surface area contributed by atoms with Crippen molar-refractivity contribution in [2.45, 2.75) is 25.4 Å². The molecule has 0 amide bonds. The molecule has 4 heterocycles. The first kappa shape index (κ1) is 17.5. The van der Waals surface area contributed by atoms with Gasteiger partial charge < -0.3 is 21.3 Å². The predicted octanol–water partition coefficient (Wildman–Crippen LogP) is -1.47. The Bertz CT molecular complexity index is 731. The van der Waals surface area contributed by atoms with E-state index in [0.29, 0.717) is 11.6 Å². The number of hydrogen-bond donors (Lipinski definition) is 2. The summed E-state index contributed by atoms with van der Waals surface area (Å²) in [6.45, 7) is 5.22. The van der Waals surface area contributed by atoms with Gasteiger partial charge in [0.15, 0.2) is 0 Å². The van der Waals surface area contributed by atoms with E-state index in [9.17, 15) is 9.90 Å². The van der Waals surface area contributed by atoms with Gasteiger partial charge in [-0.05, 0) is 44.0 Å². The van der Waals surface area contributed by atoms with Gasteiger partial charge in [-0.1, -0.05) is 6.07 Å².